The van der Waals surface area contributed by atoms with Crippen LogP contribution in [-0.2, 0) is 31.1 Å². The van der Waals surface area contributed by atoms with E-state index in [0.29, 0.717) is 36.1 Å². The first-order valence-corrected chi connectivity index (χ1v) is 19.2. The number of aromatic hydroxyl groups is 1. The van der Waals surface area contributed by atoms with E-state index in [2.05, 4.69) is 28.5 Å². The normalized spacial score (nSPS) is 28.5. The van der Waals surface area contributed by atoms with Crippen molar-refractivity contribution in [2.75, 3.05) is 18.5 Å². The number of phenolic OH excluding ortho intramolecular Hbond substituents is 1. The van der Waals surface area contributed by atoms with Crippen LogP contribution in [0.25, 0.3) is 0 Å². The van der Waals surface area contributed by atoms with E-state index < -0.39 is 40.9 Å². The van der Waals surface area contributed by atoms with Gasteiger partial charge in [-0.15, -0.1) is 0 Å². The maximum absolute atomic E-state index is 15.3. The Morgan fingerprint density at radius 2 is 1.43 bits per heavy atom. The number of hydrogen-bond acceptors (Lipinski definition) is 7. The maximum Gasteiger partial charge on any atom is 0.260 e. The number of anilines is 1. The lowest BCUT2D eigenvalue weighted by Crippen LogP contribution is -2.53. The minimum atomic E-state index is -1.42. The number of amides is 4. The number of phenols is 1. The second kappa shape index (κ2) is 13.4. The number of rotatable bonds is 7. The number of aryl methyl sites for hydroxylation is 1. The van der Waals surface area contributed by atoms with Gasteiger partial charge in [-0.2, -0.15) is 5.01 Å². The Bertz CT molecular complexity index is 2150. The minimum absolute atomic E-state index is 0.0168. The SMILES string of the molecule is Cc1ccc(NN2C(=O)[C@@H]3C[C@@H]4C(=CC[C@@H]5C(=O)N(C6CCN(Cc7ccccc7)CC6)C(=O)[C@@H]54)[C@H](c4ccccc4O)[C@]3(c3ccccc3)C2=O)cc1. The van der Waals surface area contributed by atoms with E-state index in [1.54, 1.807) is 17.0 Å². The third kappa shape index (κ3) is 5.31. The summed E-state index contributed by atoms with van der Waals surface area (Å²) in [5.74, 6) is -4.34. The third-order valence-electron chi connectivity index (χ3n) is 12.8. The summed E-state index contributed by atoms with van der Waals surface area (Å²) in [7, 11) is 0. The molecule has 3 aliphatic heterocycles. The predicted octanol–water partition coefficient (Wildman–Crippen LogP) is 6.35. The topological polar surface area (TPSA) is 110 Å². The molecule has 54 heavy (non-hydrogen) atoms. The summed E-state index contributed by atoms with van der Waals surface area (Å²) < 4.78 is 0. The lowest BCUT2D eigenvalue weighted by atomic mass is 9.49. The van der Waals surface area contributed by atoms with Crippen molar-refractivity contribution in [2.24, 2.45) is 23.7 Å². The number of benzene rings is 4. The highest BCUT2D eigenvalue weighted by atomic mass is 16.3. The molecular weight excluding hydrogens is 677 g/mol. The molecule has 4 fully saturated rings. The molecule has 9 nitrogen and oxygen atoms in total. The summed E-state index contributed by atoms with van der Waals surface area (Å²) in [6.45, 7) is 4.38. The summed E-state index contributed by atoms with van der Waals surface area (Å²) >= 11 is 0. The fourth-order valence-electron chi connectivity index (χ4n) is 10.4. The van der Waals surface area contributed by atoms with Gasteiger partial charge >= 0.3 is 0 Å². The molecular formula is C45H44N4O5. The molecule has 0 radical (unpaired) electrons. The van der Waals surface area contributed by atoms with Crippen molar-refractivity contribution in [3.63, 3.8) is 0 Å². The average Bonchev–Trinajstić information content (AvgIpc) is 3.58. The van der Waals surface area contributed by atoms with Crippen LogP contribution in [0.15, 0.2) is 121 Å². The molecule has 3 heterocycles. The first kappa shape index (κ1) is 34.2. The van der Waals surface area contributed by atoms with Crippen molar-refractivity contribution in [3.05, 3.63) is 143 Å². The molecule has 2 aliphatic carbocycles. The number of nitrogens with zero attached hydrogens (tertiary/aromatic N) is 3. The first-order chi connectivity index (χ1) is 26.3. The van der Waals surface area contributed by atoms with Crippen LogP contribution in [0.4, 0.5) is 5.69 Å². The molecule has 9 heteroatoms. The number of nitrogens with one attached hydrogen (secondary N) is 1. The van der Waals surface area contributed by atoms with Gasteiger partial charge in [0, 0.05) is 37.2 Å². The van der Waals surface area contributed by atoms with Crippen LogP contribution in [0.2, 0.25) is 0 Å². The third-order valence-corrected chi connectivity index (χ3v) is 12.8. The highest BCUT2D eigenvalue weighted by molar-refractivity contribution is 6.13. The van der Waals surface area contributed by atoms with Gasteiger partial charge in [0.05, 0.1) is 28.9 Å². The quantitative estimate of drug-likeness (QED) is 0.169. The molecule has 0 aromatic heterocycles. The van der Waals surface area contributed by atoms with E-state index in [1.807, 2.05) is 91.9 Å². The van der Waals surface area contributed by atoms with Crippen molar-refractivity contribution in [3.8, 4) is 5.75 Å². The lowest BCUT2D eigenvalue weighted by Gasteiger charge is -2.50. The van der Waals surface area contributed by atoms with Gasteiger partial charge in [0.25, 0.3) is 11.8 Å². The molecule has 2 N–H and O–H groups in total. The number of carbonyl (C=O) groups is 4. The molecule has 274 valence electrons. The van der Waals surface area contributed by atoms with Gasteiger partial charge in [-0.1, -0.05) is 108 Å². The zero-order chi connectivity index (χ0) is 37.1. The maximum atomic E-state index is 15.3. The smallest absolute Gasteiger partial charge is 0.260 e. The van der Waals surface area contributed by atoms with Gasteiger partial charge in [0.2, 0.25) is 11.8 Å². The van der Waals surface area contributed by atoms with Gasteiger partial charge in [0.15, 0.2) is 0 Å². The highest BCUT2D eigenvalue weighted by Crippen LogP contribution is 2.65. The Kier molecular flexibility index (Phi) is 8.49. The van der Waals surface area contributed by atoms with E-state index in [0.717, 1.165) is 35.8 Å². The van der Waals surface area contributed by atoms with E-state index in [1.165, 1.54) is 5.56 Å². The van der Waals surface area contributed by atoms with Gasteiger partial charge in [-0.3, -0.25) is 34.4 Å². The Hall–Kier alpha value is -5.54. The van der Waals surface area contributed by atoms with Crippen LogP contribution < -0.4 is 5.43 Å². The number of fused-ring (bicyclic) bond motifs is 4. The average molecular weight is 721 g/mol. The number of imide groups is 2. The number of piperidine rings is 1. The molecule has 5 aliphatic rings. The number of para-hydroxylation sites is 1. The van der Waals surface area contributed by atoms with Crippen LogP contribution in [0.1, 0.15) is 53.9 Å². The van der Waals surface area contributed by atoms with Crippen LogP contribution in [-0.4, -0.2) is 62.7 Å². The second-order valence-corrected chi connectivity index (χ2v) is 15.7. The molecule has 4 aromatic rings. The molecule has 4 aromatic carbocycles. The van der Waals surface area contributed by atoms with E-state index >= 15 is 4.79 Å². The van der Waals surface area contributed by atoms with Crippen molar-refractivity contribution in [1.29, 1.82) is 0 Å². The van der Waals surface area contributed by atoms with Crippen LogP contribution in [0.5, 0.6) is 5.75 Å². The summed E-state index contributed by atoms with van der Waals surface area (Å²) in [5.41, 5.74) is 6.65. The van der Waals surface area contributed by atoms with Crippen molar-refractivity contribution < 1.29 is 24.3 Å². The summed E-state index contributed by atoms with van der Waals surface area (Å²) in [4.78, 5) is 63.1. The molecule has 4 amide bonds. The predicted molar refractivity (Wildman–Crippen MR) is 203 cm³/mol. The Morgan fingerprint density at radius 1 is 0.759 bits per heavy atom. The standard InChI is InChI=1S/C45H44N4O5/c1-28-16-18-31(19-17-28)46-49-42(52)37-26-36-33(40(34-14-8-9-15-38(34)50)45(37,44(49)54)30-12-6-3-7-13-30)20-21-35-39(36)43(53)48(41(35)51)32-22-24-47(25-23-32)27-29-10-4-2-5-11-29/h2-20,32,35-37,39-40,46,50H,21-27H2,1H3/t35-,36+,37-,39-,40+,45+/m0/s1. The van der Waals surface area contributed by atoms with Crippen molar-refractivity contribution in [1.82, 2.24) is 14.8 Å². The fraction of sp³-hybridized carbons (Fsp3) is 0.333. The largest absolute Gasteiger partial charge is 0.508 e. The van der Waals surface area contributed by atoms with Crippen LogP contribution in [0, 0.1) is 30.6 Å². The van der Waals surface area contributed by atoms with Crippen LogP contribution >= 0.6 is 0 Å². The Morgan fingerprint density at radius 3 is 2.13 bits per heavy atom. The van der Waals surface area contributed by atoms with Crippen LogP contribution in [0.3, 0.4) is 0 Å². The second-order valence-electron chi connectivity index (χ2n) is 15.7. The number of hydrazine groups is 1. The summed E-state index contributed by atoms with van der Waals surface area (Å²) in [5, 5.41) is 12.7. The Balaban J connectivity index is 1.10. The van der Waals surface area contributed by atoms with Crippen molar-refractivity contribution >= 4 is 29.3 Å². The van der Waals surface area contributed by atoms with Gasteiger partial charge in [-0.05, 0) is 67.9 Å². The lowest BCUT2D eigenvalue weighted by molar-refractivity contribution is -0.144. The number of hydrogen-bond donors (Lipinski definition) is 2. The molecule has 0 bridgehead atoms. The van der Waals surface area contributed by atoms with Gasteiger partial charge < -0.3 is 5.11 Å². The number of allylic oxidation sites excluding steroid dienone is 2. The van der Waals surface area contributed by atoms with E-state index in [-0.39, 0.29) is 35.9 Å². The minimum Gasteiger partial charge on any atom is -0.508 e. The number of carbonyl (C=O) groups excluding carboxylic acids is 4. The molecule has 0 spiro atoms. The summed E-state index contributed by atoms with van der Waals surface area (Å²) in [6.07, 6.45) is 4.06. The molecule has 3 saturated heterocycles. The molecule has 6 atom stereocenters. The monoisotopic (exact) mass is 720 g/mol. The molecule has 1 saturated carbocycles. The highest BCUT2D eigenvalue weighted by Gasteiger charge is 2.70. The van der Waals surface area contributed by atoms with Gasteiger partial charge in [-0.25, -0.2) is 0 Å². The zero-order valence-corrected chi connectivity index (χ0v) is 30.3. The first-order valence-electron chi connectivity index (χ1n) is 19.2. The van der Waals surface area contributed by atoms with E-state index in [4.69, 9.17) is 0 Å². The van der Waals surface area contributed by atoms with Gasteiger partial charge in [0.1, 0.15) is 5.75 Å². The number of likely N-dealkylation sites (tertiary alicyclic amines) is 2. The molecule has 0 unspecified atom stereocenters. The van der Waals surface area contributed by atoms with Crippen molar-refractivity contribution in [2.45, 2.75) is 56.5 Å². The zero-order valence-electron chi connectivity index (χ0n) is 30.3. The molecule has 9 rings (SSSR count). The van der Waals surface area contributed by atoms with E-state index in [9.17, 15) is 19.5 Å². The summed E-state index contributed by atoms with van der Waals surface area (Å²) in [6, 6.07) is 34.1. The fourth-order valence-corrected chi connectivity index (χ4v) is 10.4. The Labute approximate surface area is 315 Å².